The van der Waals surface area contributed by atoms with Crippen molar-refractivity contribution in [2.75, 3.05) is 7.11 Å². The maximum atomic E-state index is 11.9. The summed E-state index contributed by atoms with van der Waals surface area (Å²) in [6.07, 6.45) is 3.44. The molecule has 0 aliphatic heterocycles. The molecule has 0 aliphatic carbocycles. The van der Waals surface area contributed by atoms with Gasteiger partial charge in [0.15, 0.2) is 5.78 Å². The molecule has 3 rings (SSSR count). The van der Waals surface area contributed by atoms with Crippen LogP contribution < -0.4 is 0 Å². The third kappa shape index (κ3) is 3.61. The zero-order valence-corrected chi connectivity index (χ0v) is 15.6. The molecule has 0 aliphatic rings. The summed E-state index contributed by atoms with van der Waals surface area (Å²) in [5, 5.41) is 13.1. The Hall–Kier alpha value is -2.99. The molecule has 0 spiro atoms. The summed E-state index contributed by atoms with van der Waals surface area (Å²) in [5.41, 5.74) is -0.0472. The zero-order valence-electron chi connectivity index (χ0n) is 15.6. The van der Waals surface area contributed by atoms with Crippen molar-refractivity contribution >= 4 is 22.5 Å². The number of hydrogen-bond acceptors (Lipinski definition) is 5. The number of hydrogen-bond donors (Lipinski definition) is 1. The van der Waals surface area contributed by atoms with Crippen molar-refractivity contribution in [1.29, 1.82) is 0 Å². The fourth-order valence-electron chi connectivity index (χ4n) is 3.13. The van der Waals surface area contributed by atoms with Gasteiger partial charge in [-0.15, -0.1) is 0 Å². The summed E-state index contributed by atoms with van der Waals surface area (Å²) in [5.74, 6) is -0.455. The van der Waals surface area contributed by atoms with E-state index in [4.69, 9.17) is 4.74 Å². The van der Waals surface area contributed by atoms with E-state index in [1.807, 2.05) is 31.2 Å². The lowest BCUT2D eigenvalue weighted by Crippen LogP contribution is -2.31. The van der Waals surface area contributed by atoms with Crippen molar-refractivity contribution in [2.24, 2.45) is 7.05 Å². The number of ketones is 1. The normalized spacial score (nSPS) is 13.3. The van der Waals surface area contributed by atoms with Gasteiger partial charge in [-0.1, -0.05) is 31.2 Å². The van der Waals surface area contributed by atoms with Crippen LogP contribution in [0.5, 0.6) is 0 Å². The number of aromatic nitrogens is 2. The van der Waals surface area contributed by atoms with Crippen molar-refractivity contribution in [1.82, 2.24) is 9.55 Å². The predicted octanol–water partition coefficient (Wildman–Crippen LogP) is 2.97. The van der Waals surface area contributed by atoms with Crippen molar-refractivity contribution in [3.8, 4) is 0 Å². The number of nitrogens with zero attached hydrogens (tertiary/aromatic N) is 2. The molecule has 0 saturated carbocycles. The van der Waals surface area contributed by atoms with E-state index in [2.05, 4.69) is 4.98 Å². The number of aryl methyl sites for hydroxylation is 1. The van der Waals surface area contributed by atoms with E-state index in [-0.39, 0.29) is 12.2 Å². The van der Waals surface area contributed by atoms with Crippen LogP contribution in [0.15, 0.2) is 48.9 Å². The van der Waals surface area contributed by atoms with Gasteiger partial charge < -0.3 is 14.4 Å². The molecule has 0 bridgehead atoms. The molecule has 0 radical (unpaired) electrons. The van der Waals surface area contributed by atoms with Crippen LogP contribution in [-0.4, -0.2) is 33.5 Å². The number of Topliss-reactive ketones (excluding diaryl/α,β-unsaturated/α-hetero) is 1. The third-order valence-electron chi connectivity index (χ3n) is 4.72. The van der Waals surface area contributed by atoms with Crippen molar-refractivity contribution in [2.45, 2.75) is 25.4 Å². The SMILES string of the molecule is CCC(=O)c1ccc2cc([C@@](O)(CC(=O)OC)c3cn(C)cn3)ccc2c1. The molecule has 140 valence electrons. The summed E-state index contributed by atoms with van der Waals surface area (Å²) in [6.45, 7) is 1.83. The first kappa shape index (κ1) is 18.8. The molecule has 0 saturated heterocycles. The molecular formula is C21H22N2O4. The standard InChI is InChI=1S/C21H22N2O4/c1-4-18(24)16-6-5-15-10-17(8-7-14(15)9-16)21(26,11-20(25)27-3)19-12-23(2)13-22-19/h5-10,12-13,26H,4,11H2,1-3H3/t21-/m0/s1. The summed E-state index contributed by atoms with van der Waals surface area (Å²) in [7, 11) is 3.08. The average molecular weight is 366 g/mol. The molecule has 27 heavy (non-hydrogen) atoms. The van der Waals surface area contributed by atoms with Crippen molar-refractivity contribution in [3.63, 3.8) is 0 Å². The minimum Gasteiger partial charge on any atom is -0.469 e. The monoisotopic (exact) mass is 366 g/mol. The lowest BCUT2D eigenvalue weighted by atomic mass is 9.86. The van der Waals surface area contributed by atoms with Gasteiger partial charge in [-0.25, -0.2) is 4.98 Å². The van der Waals surface area contributed by atoms with Gasteiger partial charge in [0.1, 0.15) is 5.60 Å². The molecule has 6 heteroatoms. The summed E-state index contributed by atoms with van der Waals surface area (Å²) < 4.78 is 6.48. The molecule has 1 aromatic heterocycles. The van der Waals surface area contributed by atoms with Crippen LogP contribution >= 0.6 is 0 Å². The Kier molecular flexibility index (Phi) is 5.10. The summed E-state index contributed by atoms with van der Waals surface area (Å²) >= 11 is 0. The molecule has 1 atom stereocenters. The Morgan fingerprint density at radius 2 is 1.89 bits per heavy atom. The van der Waals surface area contributed by atoms with Crippen LogP contribution in [0, 0.1) is 0 Å². The second-order valence-corrected chi connectivity index (χ2v) is 6.59. The lowest BCUT2D eigenvalue weighted by molar-refractivity contribution is -0.145. The molecule has 0 fully saturated rings. The Labute approximate surface area is 157 Å². The first-order chi connectivity index (χ1) is 12.9. The average Bonchev–Trinajstić information content (AvgIpc) is 3.13. The lowest BCUT2D eigenvalue weighted by Gasteiger charge is -2.26. The van der Waals surface area contributed by atoms with Gasteiger partial charge in [-0.05, 0) is 28.5 Å². The van der Waals surface area contributed by atoms with Gasteiger partial charge in [0, 0.05) is 25.2 Å². The number of ether oxygens (including phenoxy) is 1. The highest BCUT2D eigenvalue weighted by Gasteiger charge is 2.37. The van der Waals surface area contributed by atoms with E-state index < -0.39 is 11.6 Å². The fraction of sp³-hybridized carbons (Fsp3) is 0.286. The van der Waals surface area contributed by atoms with Crippen molar-refractivity contribution < 1.29 is 19.4 Å². The van der Waals surface area contributed by atoms with Crippen LogP contribution in [0.1, 0.15) is 41.4 Å². The van der Waals surface area contributed by atoms with Gasteiger partial charge in [0.05, 0.1) is 25.6 Å². The molecule has 1 N–H and O–H groups in total. The minimum atomic E-state index is -1.61. The number of aliphatic hydroxyl groups is 1. The molecule has 0 unspecified atom stereocenters. The quantitative estimate of drug-likeness (QED) is 0.536. The van der Waals surface area contributed by atoms with Gasteiger partial charge in [-0.3, -0.25) is 9.59 Å². The maximum absolute atomic E-state index is 11.9. The molecule has 0 amide bonds. The highest BCUT2D eigenvalue weighted by Crippen LogP contribution is 2.34. The van der Waals surface area contributed by atoms with E-state index in [0.717, 1.165) is 10.8 Å². The fourth-order valence-corrected chi connectivity index (χ4v) is 3.13. The Bertz CT molecular complexity index is 1010. The number of esters is 1. The Balaban J connectivity index is 2.10. The molecule has 1 heterocycles. The summed E-state index contributed by atoms with van der Waals surface area (Å²) in [4.78, 5) is 28.1. The predicted molar refractivity (Wildman–Crippen MR) is 101 cm³/mol. The van der Waals surface area contributed by atoms with E-state index >= 15 is 0 Å². The molecule has 2 aromatic carbocycles. The Morgan fingerprint density at radius 1 is 1.19 bits per heavy atom. The number of methoxy groups -OCH3 is 1. The van der Waals surface area contributed by atoms with Crippen LogP contribution in [0.4, 0.5) is 0 Å². The third-order valence-corrected chi connectivity index (χ3v) is 4.72. The van der Waals surface area contributed by atoms with E-state index in [0.29, 0.717) is 23.2 Å². The van der Waals surface area contributed by atoms with Gasteiger partial charge in [0.2, 0.25) is 0 Å². The second kappa shape index (κ2) is 7.32. The number of rotatable bonds is 6. The van der Waals surface area contributed by atoms with Crippen LogP contribution in [-0.2, 0) is 22.2 Å². The largest absolute Gasteiger partial charge is 0.469 e. The zero-order chi connectivity index (χ0) is 19.6. The molecule has 3 aromatic rings. The number of carbonyl (C=O) groups excluding carboxylic acids is 2. The molecule has 6 nitrogen and oxygen atoms in total. The maximum Gasteiger partial charge on any atom is 0.309 e. The van der Waals surface area contributed by atoms with E-state index in [9.17, 15) is 14.7 Å². The first-order valence-corrected chi connectivity index (χ1v) is 8.72. The van der Waals surface area contributed by atoms with Crippen molar-refractivity contribution in [3.05, 3.63) is 65.7 Å². The smallest absolute Gasteiger partial charge is 0.309 e. The Morgan fingerprint density at radius 3 is 2.52 bits per heavy atom. The first-order valence-electron chi connectivity index (χ1n) is 8.72. The summed E-state index contributed by atoms with van der Waals surface area (Å²) in [6, 6.07) is 10.9. The highest BCUT2D eigenvalue weighted by atomic mass is 16.5. The van der Waals surface area contributed by atoms with Crippen LogP contribution in [0.3, 0.4) is 0 Å². The van der Waals surface area contributed by atoms with Gasteiger partial charge in [0.25, 0.3) is 0 Å². The molecular weight excluding hydrogens is 344 g/mol. The van der Waals surface area contributed by atoms with E-state index in [1.54, 1.807) is 36.3 Å². The number of imidazole rings is 1. The van der Waals surface area contributed by atoms with Gasteiger partial charge in [-0.2, -0.15) is 0 Å². The minimum absolute atomic E-state index is 0.0802. The van der Waals surface area contributed by atoms with Crippen LogP contribution in [0.25, 0.3) is 10.8 Å². The number of fused-ring (bicyclic) bond motifs is 1. The van der Waals surface area contributed by atoms with Gasteiger partial charge >= 0.3 is 5.97 Å². The second-order valence-electron chi connectivity index (χ2n) is 6.59. The number of carbonyl (C=O) groups is 2. The highest BCUT2D eigenvalue weighted by molar-refractivity contribution is 5.99. The van der Waals surface area contributed by atoms with E-state index in [1.165, 1.54) is 7.11 Å². The number of benzene rings is 2. The van der Waals surface area contributed by atoms with Crippen LogP contribution in [0.2, 0.25) is 0 Å². The topological polar surface area (TPSA) is 81.4 Å².